The van der Waals surface area contributed by atoms with E-state index in [4.69, 9.17) is 5.73 Å². The topological polar surface area (TPSA) is 118 Å². The molecular formula is C13H16N4O3S. The van der Waals surface area contributed by atoms with Gasteiger partial charge in [0.25, 0.3) is 15.9 Å². The van der Waals surface area contributed by atoms with Crippen molar-refractivity contribution >= 4 is 21.7 Å². The molecule has 21 heavy (non-hydrogen) atoms. The van der Waals surface area contributed by atoms with Gasteiger partial charge in [-0.15, -0.1) is 0 Å². The van der Waals surface area contributed by atoms with Crippen LogP contribution in [0, 0.1) is 0 Å². The molecule has 0 radical (unpaired) electrons. The van der Waals surface area contributed by atoms with E-state index in [9.17, 15) is 13.2 Å². The third kappa shape index (κ3) is 3.40. The van der Waals surface area contributed by atoms with E-state index >= 15 is 0 Å². The number of aromatic amines is 1. The van der Waals surface area contributed by atoms with Gasteiger partial charge in [-0.2, -0.15) is 5.10 Å². The van der Waals surface area contributed by atoms with Gasteiger partial charge in [-0.05, 0) is 18.1 Å². The van der Waals surface area contributed by atoms with E-state index in [1.54, 1.807) is 18.2 Å². The van der Waals surface area contributed by atoms with Crippen molar-refractivity contribution in [2.75, 3.05) is 4.72 Å². The summed E-state index contributed by atoms with van der Waals surface area (Å²) in [6.07, 6.45) is 1.49. The molecule has 2 rings (SSSR count). The van der Waals surface area contributed by atoms with Gasteiger partial charge in [0.2, 0.25) is 0 Å². The zero-order valence-electron chi connectivity index (χ0n) is 11.5. The van der Waals surface area contributed by atoms with Gasteiger partial charge in [0.1, 0.15) is 5.69 Å². The molecule has 0 fully saturated rings. The lowest BCUT2D eigenvalue weighted by molar-refractivity contribution is 0.0995. The summed E-state index contributed by atoms with van der Waals surface area (Å²) in [6.45, 7) is 1.98. The number of carbonyl (C=O) groups excluding carboxylic acids is 1. The molecule has 8 heteroatoms. The van der Waals surface area contributed by atoms with Crippen LogP contribution < -0.4 is 10.5 Å². The molecule has 0 unspecified atom stereocenters. The zero-order chi connectivity index (χ0) is 15.5. The number of benzene rings is 1. The summed E-state index contributed by atoms with van der Waals surface area (Å²) in [6, 6.07) is 8.02. The summed E-state index contributed by atoms with van der Waals surface area (Å²) in [5, 5.41) is 6.08. The minimum atomic E-state index is -3.76. The van der Waals surface area contributed by atoms with Crippen molar-refractivity contribution in [3.63, 3.8) is 0 Å². The highest BCUT2D eigenvalue weighted by Gasteiger charge is 2.19. The molecule has 1 heterocycles. The van der Waals surface area contributed by atoms with Crippen molar-refractivity contribution < 1.29 is 13.2 Å². The molecule has 0 saturated carbocycles. The van der Waals surface area contributed by atoms with Crippen LogP contribution in [0.4, 0.5) is 5.82 Å². The monoisotopic (exact) mass is 308 g/mol. The summed E-state index contributed by atoms with van der Waals surface area (Å²) >= 11 is 0. The van der Waals surface area contributed by atoms with Gasteiger partial charge < -0.3 is 5.73 Å². The van der Waals surface area contributed by atoms with Crippen molar-refractivity contribution in [3.05, 3.63) is 41.6 Å². The van der Waals surface area contributed by atoms with Gasteiger partial charge in [0.15, 0.2) is 5.82 Å². The van der Waals surface area contributed by atoms with Crippen LogP contribution in [0.15, 0.2) is 35.2 Å². The Balaban J connectivity index is 2.31. The number of nitrogens with one attached hydrogen (secondary N) is 2. The van der Waals surface area contributed by atoms with Crippen LogP contribution in [0.2, 0.25) is 0 Å². The van der Waals surface area contributed by atoms with Crippen LogP contribution >= 0.6 is 0 Å². The molecule has 0 aliphatic carbocycles. The second-order valence-corrected chi connectivity index (χ2v) is 6.15. The number of carbonyl (C=O) groups is 1. The molecule has 0 aliphatic heterocycles. The Labute approximate surface area is 122 Å². The van der Waals surface area contributed by atoms with Crippen LogP contribution in [-0.2, 0) is 16.4 Å². The maximum absolute atomic E-state index is 12.4. The molecule has 0 bridgehead atoms. The van der Waals surface area contributed by atoms with E-state index in [0.29, 0.717) is 6.42 Å². The molecule has 1 aromatic heterocycles. The molecule has 112 valence electrons. The van der Waals surface area contributed by atoms with Gasteiger partial charge in [0, 0.05) is 6.07 Å². The van der Waals surface area contributed by atoms with Crippen molar-refractivity contribution in [1.82, 2.24) is 10.2 Å². The number of nitrogens with two attached hydrogens (primary N) is 1. The standard InChI is InChI=1S/C13H16N4O3S/c1-2-5-9-6-3-4-7-11(9)21(19,20)17-12-8-10(13(14)18)15-16-12/h3-4,6-8H,2,5H2,1H3,(H2,14,18)(H2,15,16,17). The third-order valence-corrected chi connectivity index (χ3v) is 4.32. The molecule has 0 saturated heterocycles. The molecule has 0 spiro atoms. The van der Waals surface area contributed by atoms with Crippen LogP contribution in [0.3, 0.4) is 0 Å². The van der Waals surface area contributed by atoms with Gasteiger partial charge in [0.05, 0.1) is 4.90 Å². The first-order valence-electron chi connectivity index (χ1n) is 6.40. The number of rotatable bonds is 6. The maximum atomic E-state index is 12.4. The minimum absolute atomic E-state index is 0.0232. The molecule has 0 aliphatic rings. The first kappa shape index (κ1) is 15.0. The smallest absolute Gasteiger partial charge is 0.266 e. The number of sulfonamides is 1. The molecule has 0 atom stereocenters. The normalized spacial score (nSPS) is 11.3. The van der Waals surface area contributed by atoms with E-state index in [1.807, 2.05) is 6.92 Å². The molecule has 1 aromatic carbocycles. The molecular weight excluding hydrogens is 292 g/mol. The highest BCUT2D eigenvalue weighted by molar-refractivity contribution is 7.92. The van der Waals surface area contributed by atoms with E-state index in [2.05, 4.69) is 14.9 Å². The maximum Gasteiger partial charge on any atom is 0.266 e. The number of aromatic nitrogens is 2. The van der Waals surface area contributed by atoms with E-state index < -0.39 is 15.9 Å². The Bertz CT molecular complexity index is 752. The number of hydrogen-bond donors (Lipinski definition) is 3. The molecule has 7 nitrogen and oxygen atoms in total. The predicted molar refractivity (Wildman–Crippen MR) is 78.4 cm³/mol. The van der Waals surface area contributed by atoms with Crippen LogP contribution in [0.25, 0.3) is 0 Å². The fraction of sp³-hybridized carbons (Fsp3) is 0.231. The zero-order valence-corrected chi connectivity index (χ0v) is 12.3. The second kappa shape index (κ2) is 5.96. The first-order valence-corrected chi connectivity index (χ1v) is 7.88. The molecule has 1 amide bonds. The summed E-state index contributed by atoms with van der Waals surface area (Å²) < 4.78 is 27.1. The predicted octanol–water partition coefficient (Wildman–Crippen LogP) is 1.26. The first-order chi connectivity index (χ1) is 9.94. The molecule has 4 N–H and O–H groups in total. The fourth-order valence-electron chi connectivity index (χ4n) is 1.93. The van der Waals surface area contributed by atoms with Crippen molar-refractivity contribution in [2.45, 2.75) is 24.7 Å². The number of nitrogens with zero attached hydrogens (tertiary/aromatic N) is 1. The number of aryl methyl sites for hydroxylation is 1. The fourth-order valence-corrected chi connectivity index (χ4v) is 3.20. The highest BCUT2D eigenvalue weighted by Crippen LogP contribution is 2.20. The summed E-state index contributed by atoms with van der Waals surface area (Å²) in [5.41, 5.74) is 5.85. The summed E-state index contributed by atoms with van der Waals surface area (Å²) in [7, 11) is -3.76. The highest BCUT2D eigenvalue weighted by atomic mass is 32.2. The van der Waals surface area contributed by atoms with Gasteiger partial charge in [-0.1, -0.05) is 31.5 Å². The Morgan fingerprint density at radius 3 is 2.71 bits per heavy atom. The van der Waals surface area contributed by atoms with E-state index in [1.165, 1.54) is 12.1 Å². The van der Waals surface area contributed by atoms with E-state index in [0.717, 1.165) is 12.0 Å². The van der Waals surface area contributed by atoms with Gasteiger partial charge in [-0.3, -0.25) is 14.6 Å². The third-order valence-electron chi connectivity index (χ3n) is 2.86. The van der Waals surface area contributed by atoms with Crippen LogP contribution in [-0.4, -0.2) is 24.5 Å². The van der Waals surface area contributed by atoms with Crippen molar-refractivity contribution in [1.29, 1.82) is 0 Å². The van der Waals surface area contributed by atoms with E-state index in [-0.39, 0.29) is 16.4 Å². The Hall–Kier alpha value is -2.35. The van der Waals surface area contributed by atoms with Crippen LogP contribution in [0.5, 0.6) is 0 Å². The number of primary amides is 1. The quantitative estimate of drug-likeness (QED) is 0.744. The number of amides is 1. The minimum Gasteiger partial charge on any atom is -0.364 e. The lowest BCUT2D eigenvalue weighted by atomic mass is 10.1. The number of H-pyrrole nitrogens is 1. The van der Waals surface area contributed by atoms with Crippen LogP contribution in [0.1, 0.15) is 29.4 Å². The largest absolute Gasteiger partial charge is 0.364 e. The lowest BCUT2D eigenvalue weighted by Crippen LogP contribution is -2.15. The second-order valence-electron chi connectivity index (χ2n) is 4.49. The molecule has 2 aromatic rings. The van der Waals surface area contributed by atoms with Crippen molar-refractivity contribution in [2.24, 2.45) is 5.73 Å². The Kier molecular flexibility index (Phi) is 4.27. The van der Waals surface area contributed by atoms with Gasteiger partial charge in [-0.25, -0.2) is 8.42 Å². The summed E-state index contributed by atoms with van der Waals surface area (Å²) in [5.74, 6) is -0.686. The number of anilines is 1. The Morgan fingerprint density at radius 2 is 2.10 bits per heavy atom. The average molecular weight is 308 g/mol. The Morgan fingerprint density at radius 1 is 1.38 bits per heavy atom. The van der Waals surface area contributed by atoms with Gasteiger partial charge >= 0.3 is 0 Å². The van der Waals surface area contributed by atoms with Crippen molar-refractivity contribution in [3.8, 4) is 0 Å². The lowest BCUT2D eigenvalue weighted by Gasteiger charge is -2.10. The summed E-state index contributed by atoms with van der Waals surface area (Å²) in [4.78, 5) is 11.2. The number of hydrogen-bond acceptors (Lipinski definition) is 4. The SMILES string of the molecule is CCCc1ccccc1S(=O)(=O)Nc1cc(C(N)=O)[nH]n1. The average Bonchev–Trinajstić information content (AvgIpc) is 2.87.